The molecule has 27 heavy (non-hydrogen) atoms. The number of ether oxygens (including phenoxy) is 1. The number of rotatable bonds is 5. The van der Waals surface area contributed by atoms with Crippen LogP contribution in [0.2, 0.25) is 0 Å². The van der Waals surface area contributed by atoms with E-state index in [-0.39, 0.29) is 12.1 Å². The summed E-state index contributed by atoms with van der Waals surface area (Å²) in [6.07, 6.45) is 1.33. The Hall–Kier alpha value is -3.00. The molecule has 2 heterocycles. The zero-order valence-electron chi connectivity index (χ0n) is 15.2. The molecule has 0 aliphatic rings. The highest BCUT2D eigenvalue weighted by molar-refractivity contribution is 7.18. The highest BCUT2D eigenvalue weighted by Crippen LogP contribution is 2.25. The first-order valence-electron chi connectivity index (χ1n) is 8.32. The normalized spacial score (nSPS) is 10.8. The zero-order chi connectivity index (χ0) is 19.6. The molecular formula is C19H19N3O4S. The summed E-state index contributed by atoms with van der Waals surface area (Å²) in [6.45, 7) is 5.00. The summed E-state index contributed by atoms with van der Waals surface area (Å²) in [6, 6.07) is 7.26. The third kappa shape index (κ3) is 4.22. The van der Waals surface area contributed by atoms with E-state index in [9.17, 15) is 14.4 Å². The molecule has 7 nitrogen and oxygen atoms in total. The number of hydrogen-bond acceptors (Lipinski definition) is 6. The highest BCUT2D eigenvalue weighted by atomic mass is 32.1. The van der Waals surface area contributed by atoms with Crippen molar-refractivity contribution in [3.8, 4) is 0 Å². The van der Waals surface area contributed by atoms with Gasteiger partial charge in [0, 0.05) is 10.6 Å². The summed E-state index contributed by atoms with van der Waals surface area (Å²) >= 11 is 1.44. The molecule has 0 bridgehead atoms. The molecular weight excluding hydrogens is 366 g/mol. The predicted molar refractivity (Wildman–Crippen MR) is 104 cm³/mol. The maximum atomic E-state index is 12.5. The Labute approximate surface area is 159 Å². The molecule has 0 spiro atoms. The van der Waals surface area contributed by atoms with Gasteiger partial charge in [-0.2, -0.15) is 0 Å². The number of benzene rings is 1. The number of aryl methyl sites for hydroxylation is 3. The first-order chi connectivity index (χ1) is 12.8. The lowest BCUT2D eigenvalue weighted by Gasteiger charge is -2.08. The Morgan fingerprint density at radius 2 is 1.89 bits per heavy atom. The third-order valence-corrected chi connectivity index (χ3v) is 5.27. The summed E-state index contributed by atoms with van der Waals surface area (Å²) < 4.78 is 6.17. The van der Waals surface area contributed by atoms with Crippen LogP contribution in [0.4, 0.5) is 5.69 Å². The monoisotopic (exact) mass is 385 g/mol. The lowest BCUT2D eigenvalue weighted by Crippen LogP contribution is -2.28. The van der Waals surface area contributed by atoms with Gasteiger partial charge < -0.3 is 10.1 Å². The fourth-order valence-electron chi connectivity index (χ4n) is 2.55. The zero-order valence-corrected chi connectivity index (χ0v) is 16.1. The second-order valence-corrected chi connectivity index (χ2v) is 7.42. The van der Waals surface area contributed by atoms with Gasteiger partial charge in [-0.15, -0.1) is 11.3 Å². The Kier molecular flexibility index (Phi) is 5.36. The summed E-state index contributed by atoms with van der Waals surface area (Å²) in [5, 5.41) is 3.16. The van der Waals surface area contributed by atoms with Crippen LogP contribution in [-0.2, 0) is 20.9 Å². The highest BCUT2D eigenvalue weighted by Gasteiger charge is 2.15. The van der Waals surface area contributed by atoms with Crippen molar-refractivity contribution in [3.05, 3.63) is 57.0 Å². The maximum absolute atomic E-state index is 12.5. The summed E-state index contributed by atoms with van der Waals surface area (Å²) in [5.41, 5.74) is 2.28. The second kappa shape index (κ2) is 7.71. The summed E-state index contributed by atoms with van der Waals surface area (Å²) in [5.74, 6) is -1.13. The van der Waals surface area contributed by atoms with Crippen molar-refractivity contribution in [1.82, 2.24) is 9.55 Å². The number of thiophene rings is 1. The Morgan fingerprint density at radius 3 is 2.59 bits per heavy atom. The van der Waals surface area contributed by atoms with Crippen molar-refractivity contribution in [2.24, 2.45) is 0 Å². The number of carbonyl (C=O) groups is 2. The van der Waals surface area contributed by atoms with Crippen LogP contribution in [-0.4, -0.2) is 28.0 Å². The molecule has 0 atom stereocenters. The molecule has 1 amide bonds. The number of amides is 1. The molecule has 0 aliphatic heterocycles. The van der Waals surface area contributed by atoms with Crippen LogP contribution >= 0.6 is 11.3 Å². The average molecular weight is 385 g/mol. The van der Waals surface area contributed by atoms with Crippen molar-refractivity contribution in [2.75, 3.05) is 11.9 Å². The molecule has 0 unspecified atom stereocenters. The molecule has 0 saturated carbocycles. The Morgan fingerprint density at radius 1 is 1.19 bits per heavy atom. The van der Waals surface area contributed by atoms with Crippen LogP contribution in [0.15, 0.2) is 35.4 Å². The van der Waals surface area contributed by atoms with Gasteiger partial charge in [0.05, 0.1) is 11.7 Å². The van der Waals surface area contributed by atoms with E-state index in [0.29, 0.717) is 15.9 Å². The smallest absolute Gasteiger partial charge is 0.326 e. The third-order valence-electron chi connectivity index (χ3n) is 4.15. The van der Waals surface area contributed by atoms with E-state index >= 15 is 0 Å². The van der Waals surface area contributed by atoms with E-state index in [0.717, 1.165) is 16.0 Å². The number of hydrogen-bond donors (Lipinski definition) is 1. The number of esters is 1. The van der Waals surface area contributed by atoms with Gasteiger partial charge in [-0.1, -0.05) is 17.7 Å². The predicted octanol–water partition coefficient (Wildman–Crippen LogP) is 2.57. The van der Waals surface area contributed by atoms with Gasteiger partial charge in [0.2, 0.25) is 0 Å². The van der Waals surface area contributed by atoms with Crippen molar-refractivity contribution >= 4 is 39.1 Å². The van der Waals surface area contributed by atoms with Gasteiger partial charge >= 0.3 is 5.97 Å². The van der Waals surface area contributed by atoms with E-state index < -0.39 is 18.5 Å². The molecule has 8 heteroatoms. The molecule has 3 rings (SSSR count). The number of nitrogens with one attached hydrogen (secondary N) is 1. The minimum Gasteiger partial charge on any atom is -0.454 e. The van der Waals surface area contributed by atoms with Crippen molar-refractivity contribution in [3.63, 3.8) is 0 Å². The van der Waals surface area contributed by atoms with Crippen molar-refractivity contribution in [1.29, 1.82) is 0 Å². The van der Waals surface area contributed by atoms with Crippen LogP contribution in [0, 0.1) is 20.8 Å². The van der Waals surface area contributed by atoms with Gasteiger partial charge in [-0.05, 0) is 38.5 Å². The van der Waals surface area contributed by atoms with E-state index in [4.69, 9.17) is 4.74 Å². The van der Waals surface area contributed by atoms with E-state index in [1.807, 2.05) is 32.9 Å². The van der Waals surface area contributed by atoms with E-state index in [1.165, 1.54) is 22.2 Å². The minimum absolute atomic E-state index is 0.289. The Balaban J connectivity index is 1.61. The van der Waals surface area contributed by atoms with E-state index in [1.54, 1.807) is 12.1 Å². The van der Waals surface area contributed by atoms with E-state index in [2.05, 4.69) is 10.3 Å². The minimum atomic E-state index is -0.679. The molecule has 3 aromatic rings. The number of anilines is 1. The number of carbonyl (C=O) groups excluding carboxylic acids is 2. The lowest BCUT2D eigenvalue weighted by atomic mass is 10.2. The average Bonchev–Trinajstić information content (AvgIpc) is 2.92. The topological polar surface area (TPSA) is 90.3 Å². The second-order valence-electron chi connectivity index (χ2n) is 6.22. The maximum Gasteiger partial charge on any atom is 0.326 e. The first-order valence-corrected chi connectivity index (χ1v) is 9.14. The van der Waals surface area contributed by atoms with Crippen LogP contribution < -0.4 is 10.9 Å². The molecule has 0 radical (unpaired) electrons. The first kappa shape index (κ1) is 18.8. The van der Waals surface area contributed by atoms with Gasteiger partial charge in [-0.3, -0.25) is 19.0 Å². The SMILES string of the molecule is Cc1ccc(NC(=O)COC(=O)Cn2cnc3sc(C)c(C)c3c2=O)cc1. The standard InChI is InChI=1S/C19H19N3O4S/c1-11-4-6-14(7-5-11)21-15(23)9-26-16(24)8-22-10-20-18-17(19(22)25)12(2)13(3)27-18/h4-7,10H,8-9H2,1-3H3,(H,21,23). The summed E-state index contributed by atoms with van der Waals surface area (Å²) in [7, 11) is 0. The molecule has 1 N–H and O–H groups in total. The van der Waals surface area contributed by atoms with Crippen LogP contribution in [0.1, 0.15) is 16.0 Å². The molecule has 1 aromatic carbocycles. The lowest BCUT2D eigenvalue weighted by molar-refractivity contribution is -0.147. The van der Waals surface area contributed by atoms with Crippen LogP contribution in [0.25, 0.3) is 10.2 Å². The van der Waals surface area contributed by atoms with Gasteiger partial charge in [0.15, 0.2) is 6.61 Å². The molecule has 0 fully saturated rings. The molecule has 2 aromatic heterocycles. The Bertz CT molecular complexity index is 1070. The van der Waals surface area contributed by atoms with Gasteiger partial charge in [0.1, 0.15) is 11.4 Å². The molecule has 140 valence electrons. The quantitative estimate of drug-likeness (QED) is 0.682. The molecule has 0 saturated heterocycles. The van der Waals surface area contributed by atoms with Crippen LogP contribution in [0.3, 0.4) is 0 Å². The van der Waals surface area contributed by atoms with Gasteiger partial charge in [-0.25, -0.2) is 4.98 Å². The largest absolute Gasteiger partial charge is 0.454 e. The number of fused-ring (bicyclic) bond motifs is 1. The number of nitrogens with zero attached hydrogens (tertiary/aromatic N) is 2. The summed E-state index contributed by atoms with van der Waals surface area (Å²) in [4.78, 5) is 42.3. The fraction of sp³-hybridized carbons (Fsp3) is 0.263. The molecule has 0 aliphatic carbocycles. The van der Waals surface area contributed by atoms with Crippen LogP contribution in [0.5, 0.6) is 0 Å². The van der Waals surface area contributed by atoms with Gasteiger partial charge in [0.25, 0.3) is 11.5 Å². The van der Waals surface area contributed by atoms with Crippen molar-refractivity contribution < 1.29 is 14.3 Å². The fourth-order valence-corrected chi connectivity index (χ4v) is 3.53. The van der Waals surface area contributed by atoms with Crippen molar-refractivity contribution in [2.45, 2.75) is 27.3 Å². The number of aromatic nitrogens is 2.